The van der Waals surface area contributed by atoms with E-state index in [1.54, 1.807) is 17.3 Å². The quantitative estimate of drug-likeness (QED) is 0.889. The molecule has 2 aliphatic heterocycles. The van der Waals surface area contributed by atoms with Crippen LogP contribution in [0.5, 0.6) is 0 Å². The summed E-state index contributed by atoms with van der Waals surface area (Å²) >= 11 is 0. The fraction of sp³-hybridized carbons (Fsp3) is 0.579. The third kappa shape index (κ3) is 2.83. The molecule has 4 rings (SSSR count). The number of imidazole rings is 1. The number of likely N-dealkylation sites (tertiary alicyclic amines) is 1. The molecule has 144 valence electrons. The van der Waals surface area contributed by atoms with E-state index in [2.05, 4.69) is 15.1 Å². The van der Waals surface area contributed by atoms with Crippen LogP contribution in [0.25, 0.3) is 0 Å². The summed E-state index contributed by atoms with van der Waals surface area (Å²) in [6.45, 7) is 5.67. The molecule has 2 aliphatic rings. The number of nitrogens with zero attached hydrogens (tertiary/aromatic N) is 4. The average Bonchev–Trinajstić information content (AvgIpc) is 3.37. The van der Waals surface area contributed by atoms with E-state index in [-0.39, 0.29) is 17.6 Å². The molecule has 8 nitrogen and oxygen atoms in total. The van der Waals surface area contributed by atoms with Gasteiger partial charge in [0.1, 0.15) is 0 Å². The first-order valence-electron chi connectivity index (χ1n) is 9.67. The summed E-state index contributed by atoms with van der Waals surface area (Å²) in [5, 5.41) is 3.91. The molecule has 1 spiro atoms. The van der Waals surface area contributed by atoms with E-state index in [9.17, 15) is 9.59 Å². The monoisotopic (exact) mass is 371 g/mol. The molecule has 4 heterocycles. The van der Waals surface area contributed by atoms with Crippen LogP contribution in [-0.4, -0.2) is 56.4 Å². The number of aryl methyl sites for hydroxylation is 1. The number of hydrogen-bond donors (Lipinski definition) is 1. The molecular formula is C19H25N5O3. The van der Waals surface area contributed by atoms with Gasteiger partial charge in [-0.25, -0.2) is 4.98 Å². The zero-order valence-electron chi connectivity index (χ0n) is 15.8. The Bertz CT molecular complexity index is 847. The van der Waals surface area contributed by atoms with E-state index < -0.39 is 5.54 Å². The highest BCUT2D eigenvalue weighted by molar-refractivity contribution is 5.91. The predicted molar refractivity (Wildman–Crippen MR) is 97.0 cm³/mol. The molecule has 0 bridgehead atoms. The number of aromatic amines is 1. The van der Waals surface area contributed by atoms with E-state index in [1.165, 1.54) is 0 Å². The van der Waals surface area contributed by atoms with Gasteiger partial charge < -0.3 is 19.3 Å². The van der Waals surface area contributed by atoms with Gasteiger partial charge in [0.25, 0.3) is 5.91 Å². The summed E-state index contributed by atoms with van der Waals surface area (Å²) in [6.07, 6.45) is 5.07. The molecule has 0 unspecified atom stereocenters. The van der Waals surface area contributed by atoms with Crippen molar-refractivity contribution in [1.82, 2.24) is 24.9 Å². The fourth-order valence-corrected chi connectivity index (χ4v) is 4.35. The van der Waals surface area contributed by atoms with Gasteiger partial charge in [0.15, 0.2) is 0 Å². The molecule has 1 saturated heterocycles. The predicted octanol–water partition coefficient (Wildman–Crippen LogP) is 1.89. The zero-order chi connectivity index (χ0) is 19.0. The van der Waals surface area contributed by atoms with Crippen molar-refractivity contribution in [2.24, 2.45) is 0 Å². The third-order valence-electron chi connectivity index (χ3n) is 5.87. The van der Waals surface area contributed by atoms with Crippen LogP contribution < -0.4 is 0 Å². The number of carbonyl (C=O) groups is 2. The van der Waals surface area contributed by atoms with Gasteiger partial charge >= 0.3 is 0 Å². The second kappa shape index (κ2) is 6.83. The van der Waals surface area contributed by atoms with Gasteiger partial charge in [-0.2, -0.15) is 0 Å². The van der Waals surface area contributed by atoms with Crippen LogP contribution >= 0.6 is 0 Å². The molecule has 1 N–H and O–H groups in total. The first-order chi connectivity index (χ1) is 13.1. The van der Waals surface area contributed by atoms with Crippen molar-refractivity contribution >= 4 is 11.8 Å². The van der Waals surface area contributed by atoms with Crippen molar-refractivity contribution in [2.45, 2.75) is 51.5 Å². The van der Waals surface area contributed by atoms with Crippen molar-refractivity contribution in [2.75, 3.05) is 19.6 Å². The molecule has 1 fully saturated rings. The average molecular weight is 371 g/mol. The van der Waals surface area contributed by atoms with Gasteiger partial charge in [0, 0.05) is 44.2 Å². The Morgan fingerprint density at radius 1 is 1.26 bits per heavy atom. The lowest BCUT2D eigenvalue weighted by molar-refractivity contribution is -0.141. The highest BCUT2D eigenvalue weighted by Gasteiger charge is 2.48. The van der Waals surface area contributed by atoms with E-state index in [1.807, 2.05) is 18.7 Å². The van der Waals surface area contributed by atoms with Crippen LogP contribution in [-0.2, 0) is 23.2 Å². The Morgan fingerprint density at radius 2 is 2.04 bits per heavy atom. The highest BCUT2D eigenvalue weighted by atomic mass is 16.5. The largest absolute Gasteiger partial charge is 0.351 e. The SMILES string of the molecule is CCC(=O)N1CCc2[nH]cnc2C12CCN(C(=O)c1cc(CC)no1)CC2. The van der Waals surface area contributed by atoms with Gasteiger partial charge in [0.2, 0.25) is 11.7 Å². The van der Waals surface area contributed by atoms with Crippen LogP contribution in [0.2, 0.25) is 0 Å². The maximum absolute atomic E-state index is 12.8. The Balaban J connectivity index is 1.57. The summed E-state index contributed by atoms with van der Waals surface area (Å²) in [4.78, 5) is 37.0. The number of carbonyl (C=O) groups excluding carboxylic acids is 2. The van der Waals surface area contributed by atoms with Crippen LogP contribution in [0, 0.1) is 0 Å². The minimum Gasteiger partial charge on any atom is -0.351 e. The van der Waals surface area contributed by atoms with E-state index in [0.29, 0.717) is 38.9 Å². The first kappa shape index (κ1) is 17.8. The van der Waals surface area contributed by atoms with Crippen LogP contribution in [0.1, 0.15) is 60.7 Å². The normalized spacial score (nSPS) is 18.6. The third-order valence-corrected chi connectivity index (χ3v) is 5.87. The van der Waals surface area contributed by atoms with Crippen molar-refractivity contribution in [3.05, 3.63) is 35.2 Å². The van der Waals surface area contributed by atoms with Gasteiger partial charge in [-0.15, -0.1) is 0 Å². The molecule has 2 aromatic rings. The van der Waals surface area contributed by atoms with E-state index in [0.717, 1.165) is 29.9 Å². The molecule has 0 saturated carbocycles. The molecular weight excluding hydrogens is 346 g/mol. The lowest BCUT2D eigenvalue weighted by atomic mass is 9.78. The first-order valence-corrected chi connectivity index (χ1v) is 9.67. The number of H-pyrrole nitrogens is 1. The topological polar surface area (TPSA) is 95.3 Å². The number of hydrogen-bond acceptors (Lipinski definition) is 5. The maximum atomic E-state index is 12.8. The van der Waals surface area contributed by atoms with Crippen LogP contribution in [0.3, 0.4) is 0 Å². The zero-order valence-corrected chi connectivity index (χ0v) is 15.8. The minimum atomic E-state index is -0.423. The molecule has 0 aliphatic carbocycles. The molecule has 0 radical (unpaired) electrons. The van der Waals surface area contributed by atoms with Crippen LogP contribution in [0.4, 0.5) is 0 Å². The van der Waals surface area contributed by atoms with E-state index >= 15 is 0 Å². The van der Waals surface area contributed by atoms with Crippen LogP contribution in [0.15, 0.2) is 16.9 Å². The number of aromatic nitrogens is 3. The summed E-state index contributed by atoms with van der Waals surface area (Å²) in [6, 6.07) is 1.71. The summed E-state index contributed by atoms with van der Waals surface area (Å²) in [7, 11) is 0. The van der Waals surface area contributed by atoms with E-state index in [4.69, 9.17) is 4.52 Å². The van der Waals surface area contributed by atoms with Gasteiger partial charge in [-0.1, -0.05) is 19.0 Å². The summed E-state index contributed by atoms with van der Waals surface area (Å²) in [5.74, 6) is 0.295. The number of rotatable bonds is 3. The van der Waals surface area contributed by atoms with Crippen molar-refractivity contribution < 1.29 is 14.1 Å². The lowest BCUT2D eigenvalue weighted by Gasteiger charge is -2.50. The Morgan fingerprint density at radius 3 is 2.70 bits per heavy atom. The number of amides is 2. The molecule has 0 atom stereocenters. The van der Waals surface area contributed by atoms with Crippen molar-refractivity contribution in [3.8, 4) is 0 Å². The second-order valence-electron chi connectivity index (χ2n) is 7.24. The highest BCUT2D eigenvalue weighted by Crippen LogP contribution is 2.42. The molecule has 27 heavy (non-hydrogen) atoms. The smallest absolute Gasteiger partial charge is 0.292 e. The number of nitrogens with one attached hydrogen (secondary N) is 1. The Hall–Kier alpha value is -2.64. The lowest BCUT2D eigenvalue weighted by Crippen LogP contribution is -2.58. The summed E-state index contributed by atoms with van der Waals surface area (Å²) < 4.78 is 5.21. The van der Waals surface area contributed by atoms with Crippen molar-refractivity contribution in [1.29, 1.82) is 0 Å². The van der Waals surface area contributed by atoms with Gasteiger partial charge in [0.05, 0.1) is 23.3 Å². The Kier molecular flexibility index (Phi) is 4.49. The maximum Gasteiger partial charge on any atom is 0.292 e. The molecule has 2 aromatic heterocycles. The van der Waals surface area contributed by atoms with Gasteiger partial charge in [-0.3, -0.25) is 9.59 Å². The fourth-order valence-electron chi connectivity index (χ4n) is 4.35. The summed E-state index contributed by atoms with van der Waals surface area (Å²) in [5.41, 5.74) is 2.43. The molecule has 2 amide bonds. The molecule has 0 aromatic carbocycles. The number of piperidine rings is 1. The second-order valence-corrected chi connectivity index (χ2v) is 7.24. The number of fused-ring (bicyclic) bond motifs is 2. The Labute approximate surface area is 157 Å². The standard InChI is InChI=1S/C19H25N5O3/c1-3-13-11-15(27-22-13)18(26)23-9-6-19(7-10-23)17-14(20-12-21-17)5-8-24(19)16(25)4-2/h11-12H,3-10H2,1-2H3,(H,20,21). The molecule has 8 heteroatoms. The van der Waals surface area contributed by atoms with Gasteiger partial charge in [-0.05, 0) is 19.3 Å². The van der Waals surface area contributed by atoms with Crippen molar-refractivity contribution in [3.63, 3.8) is 0 Å². The minimum absolute atomic E-state index is 0.136.